The van der Waals surface area contributed by atoms with Gasteiger partial charge in [-0.05, 0) is 12.0 Å². The summed E-state index contributed by atoms with van der Waals surface area (Å²) in [6.45, 7) is 0.260. The summed E-state index contributed by atoms with van der Waals surface area (Å²) < 4.78 is 0. The maximum absolute atomic E-state index is 12.0. The Morgan fingerprint density at radius 1 is 1.32 bits per heavy atom. The van der Waals surface area contributed by atoms with Gasteiger partial charge in [0.05, 0.1) is 6.42 Å². The van der Waals surface area contributed by atoms with Crippen LogP contribution in [-0.2, 0) is 20.8 Å². The molecule has 1 unspecified atom stereocenters. The summed E-state index contributed by atoms with van der Waals surface area (Å²) in [4.78, 5) is 35.9. The van der Waals surface area contributed by atoms with E-state index < -0.39 is 11.9 Å². The third kappa shape index (κ3) is 2.99. The summed E-state index contributed by atoms with van der Waals surface area (Å²) in [6.07, 6.45) is 2.14. The molecule has 1 fully saturated rings. The summed E-state index contributed by atoms with van der Waals surface area (Å²) >= 11 is 0. The fourth-order valence-corrected chi connectivity index (χ4v) is 2.16. The van der Waals surface area contributed by atoms with Crippen LogP contribution < -0.4 is 5.73 Å². The van der Waals surface area contributed by atoms with Crippen molar-refractivity contribution in [3.05, 3.63) is 42.3 Å². The van der Waals surface area contributed by atoms with Gasteiger partial charge >= 0.3 is 0 Å². The lowest BCUT2D eigenvalue weighted by Gasteiger charge is -2.20. The van der Waals surface area contributed by atoms with Crippen LogP contribution in [0.2, 0.25) is 0 Å². The summed E-state index contributed by atoms with van der Waals surface area (Å²) in [7, 11) is 0. The second kappa shape index (κ2) is 5.65. The average Bonchev–Trinajstić information content (AvgIpc) is 2.79. The third-order valence-electron chi connectivity index (χ3n) is 3.12. The summed E-state index contributed by atoms with van der Waals surface area (Å²) in [5, 5.41) is 0. The Morgan fingerprint density at radius 3 is 2.63 bits per heavy atom. The van der Waals surface area contributed by atoms with E-state index in [1.165, 1.54) is 11.3 Å². The first-order valence-corrected chi connectivity index (χ1v) is 6.09. The van der Waals surface area contributed by atoms with Gasteiger partial charge < -0.3 is 10.6 Å². The number of nitrogens with two attached hydrogens (primary N) is 1. The van der Waals surface area contributed by atoms with Gasteiger partial charge in [-0.25, -0.2) is 0 Å². The number of hydrogen-bond acceptors (Lipinski definition) is 3. The summed E-state index contributed by atoms with van der Waals surface area (Å²) in [6, 6.07) is 8.39. The first-order chi connectivity index (χ1) is 9.09. The molecule has 1 atom stereocenters. The molecule has 1 aliphatic heterocycles. The van der Waals surface area contributed by atoms with Crippen LogP contribution in [0.1, 0.15) is 12.0 Å². The highest BCUT2D eigenvalue weighted by atomic mass is 16.2. The molecule has 0 aromatic heterocycles. The second-order valence-electron chi connectivity index (χ2n) is 4.45. The van der Waals surface area contributed by atoms with Gasteiger partial charge in [-0.15, -0.1) is 0 Å². The number of likely N-dealkylation sites (tertiary alicyclic amines) is 1. The van der Waals surface area contributed by atoms with Crippen molar-refractivity contribution in [2.45, 2.75) is 18.9 Å². The van der Waals surface area contributed by atoms with Crippen LogP contribution in [0.4, 0.5) is 0 Å². The van der Waals surface area contributed by atoms with E-state index in [0.717, 1.165) is 5.56 Å². The first-order valence-electron chi connectivity index (χ1n) is 6.09. The molecule has 99 valence electrons. The lowest BCUT2D eigenvalue weighted by molar-refractivity contribution is -0.138. The van der Waals surface area contributed by atoms with Gasteiger partial charge in [0.15, 0.2) is 11.8 Å². The second-order valence-corrected chi connectivity index (χ2v) is 4.45. The SMILES string of the molecule is NC(=O)C1C(=O)CCN1C(=O)[CH]Cc1ccccc1. The van der Waals surface area contributed by atoms with Gasteiger partial charge in [0.25, 0.3) is 0 Å². The number of Topliss-reactive ketones (excluding diaryl/α,β-unsaturated/α-hetero) is 1. The molecular weight excluding hydrogens is 244 g/mol. The van der Waals surface area contributed by atoms with Crippen LogP contribution in [0, 0.1) is 6.42 Å². The number of amides is 2. The van der Waals surface area contributed by atoms with Crippen molar-refractivity contribution in [2.75, 3.05) is 6.54 Å². The zero-order valence-corrected chi connectivity index (χ0v) is 10.4. The first kappa shape index (κ1) is 13.3. The molecule has 1 aliphatic rings. The van der Waals surface area contributed by atoms with Gasteiger partial charge in [0.1, 0.15) is 0 Å². The molecule has 2 amide bonds. The smallest absolute Gasteiger partial charge is 0.247 e. The molecule has 1 aromatic rings. The number of nitrogens with zero attached hydrogens (tertiary/aromatic N) is 1. The predicted octanol–water partition coefficient (Wildman–Crippen LogP) is 0.0887. The molecule has 2 rings (SSSR count). The molecule has 19 heavy (non-hydrogen) atoms. The van der Waals surface area contributed by atoms with Crippen molar-refractivity contribution in [3.63, 3.8) is 0 Å². The standard InChI is InChI=1S/C14H15N2O3/c15-14(19)13-11(17)8-9-16(13)12(18)7-6-10-4-2-1-3-5-10/h1-5,7,13H,6,8-9H2,(H2,15,19). The third-order valence-corrected chi connectivity index (χ3v) is 3.12. The van der Waals surface area contributed by atoms with Gasteiger partial charge in [-0.1, -0.05) is 30.3 Å². The van der Waals surface area contributed by atoms with Crippen molar-refractivity contribution >= 4 is 17.6 Å². The van der Waals surface area contributed by atoms with Crippen molar-refractivity contribution in [1.29, 1.82) is 0 Å². The van der Waals surface area contributed by atoms with Crippen LogP contribution in [0.15, 0.2) is 30.3 Å². The summed E-state index contributed by atoms with van der Waals surface area (Å²) in [5.41, 5.74) is 6.15. The predicted molar refractivity (Wildman–Crippen MR) is 68.8 cm³/mol. The van der Waals surface area contributed by atoms with E-state index in [1.807, 2.05) is 30.3 Å². The lowest BCUT2D eigenvalue weighted by atomic mass is 10.1. The van der Waals surface area contributed by atoms with Crippen LogP contribution in [0.3, 0.4) is 0 Å². The highest BCUT2D eigenvalue weighted by Gasteiger charge is 2.39. The molecule has 0 spiro atoms. The molecule has 0 bridgehead atoms. The Labute approximate surface area is 111 Å². The monoisotopic (exact) mass is 259 g/mol. The van der Waals surface area contributed by atoms with Gasteiger partial charge in [-0.3, -0.25) is 14.4 Å². The van der Waals surface area contributed by atoms with Crippen LogP contribution >= 0.6 is 0 Å². The average molecular weight is 259 g/mol. The Bertz CT molecular complexity index is 499. The number of ketones is 1. The molecule has 0 aliphatic carbocycles. The molecule has 5 nitrogen and oxygen atoms in total. The van der Waals surface area contributed by atoms with Gasteiger partial charge in [0, 0.05) is 13.0 Å². The number of carbonyl (C=O) groups excluding carboxylic acids is 3. The van der Waals surface area contributed by atoms with Crippen molar-refractivity contribution in [3.8, 4) is 0 Å². The molecule has 1 heterocycles. The highest BCUT2D eigenvalue weighted by Crippen LogP contribution is 2.15. The van der Waals surface area contributed by atoms with Crippen LogP contribution in [0.5, 0.6) is 0 Å². The molecule has 1 aromatic carbocycles. The van der Waals surface area contributed by atoms with Crippen molar-refractivity contribution in [2.24, 2.45) is 5.73 Å². The normalized spacial score (nSPS) is 18.6. The zero-order chi connectivity index (χ0) is 13.8. The number of primary amides is 1. The molecule has 1 saturated heterocycles. The maximum Gasteiger partial charge on any atom is 0.247 e. The molecule has 0 saturated carbocycles. The Hall–Kier alpha value is -2.17. The minimum absolute atomic E-state index is 0.193. The quantitative estimate of drug-likeness (QED) is 0.778. The van der Waals surface area contributed by atoms with Crippen molar-refractivity contribution < 1.29 is 14.4 Å². The van der Waals surface area contributed by atoms with E-state index in [2.05, 4.69) is 0 Å². The molecule has 1 radical (unpaired) electrons. The number of rotatable bonds is 4. The Balaban J connectivity index is 1.96. The fourth-order valence-electron chi connectivity index (χ4n) is 2.16. The largest absolute Gasteiger partial charge is 0.367 e. The van der Waals surface area contributed by atoms with E-state index >= 15 is 0 Å². The fraction of sp³-hybridized carbons (Fsp3) is 0.286. The minimum Gasteiger partial charge on any atom is -0.367 e. The number of carbonyl (C=O) groups is 3. The molecule has 5 heteroatoms. The van der Waals surface area contributed by atoms with E-state index in [1.54, 1.807) is 0 Å². The van der Waals surface area contributed by atoms with Gasteiger partial charge in [-0.2, -0.15) is 0 Å². The van der Waals surface area contributed by atoms with E-state index in [-0.39, 0.29) is 24.7 Å². The number of hydrogen-bond donors (Lipinski definition) is 1. The molecular formula is C14H15N2O3. The van der Waals surface area contributed by atoms with Crippen LogP contribution in [0.25, 0.3) is 0 Å². The van der Waals surface area contributed by atoms with Crippen molar-refractivity contribution in [1.82, 2.24) is 4.90 Å². The van der Waals surface area contributed by atoms with Gasteiger partial charge in [0.2, 0.25) is 11.8 Å². The topological polar surface area (TPSA) is 80.5 Å². The minimum atomic E-state index is -1.10. The number of benzene rings is 1. The summed E-state index contributed by atoms with van der Waals surface area (Å²) in [5.74, 6) is -1.36. The zero-order valence-electron chi connectivity index (χ0n) is 10.4. The van der Waals surface area contributed by atoms with E-state index in [0.29, 0.717) is 6.42 Å². The Kier molecular flexibility index (Phi) is 3.94. The molecule has 2 N–H and O–H groups in total. The lowest BCUT2D eigenvalue weighted by Crippen LogP contribution is -2.47. The van der Waals surface area contributed by atoms with Crippen LogP contribution in [-0.4, -0.2) is 35.1 Å². The Morgan fingerprint density at radius 2 is 2.00 bits per heavy atom. The highest BCUT2D eigenvalue weighted by molar-refractivity contribution is 6.09. The maximum atomic E-state index is 12.0. The van der Waals surface area contributed by atoms with E-state index in [9.17, 15) is 14.4 Å². The van der Waals surface area contributed by atoms with E-state index in [4.69, 9.17) is 5.73 Å².